The number of nitrogens with two attached hydrogens (primary N) is 1. The molecule has 34 heavy (non-hydrogen) atoms. The number of aromatic nitrogens is 4. The molecule has 0 spiro atoms. The lowest BCUT2D eigenvalue weighted by molar-refractivity contribution is 0.0947. The van der Waals surface area contributed by atoms with Gasteiger partial charge in [0.1, 0.15) is 17.1 Å². The third-order valence-corrected chi connectivity index (χ3v) is 5.78. The number of aromatic amines is 1. The van der Waals surface area contributed by atoms with Gasteiger partial charge in [-0.3, -0.25) is 9.59 Å². The molecule has 0 aliphatic carbocycles. The molecule has 0 aliphatic heterocycles. The molecular weight excluding hydrogens is 439 g/mol. The maximum absolute atomic E-state index is 13.6. The number of nitrogen functional groups attached to an aromatic ring is 1. The molecule has 4 rings (SSSR count). The van der Waals surface area contributed by atoms with Crippen molar-refractivity contribution >= 4 is 22.6 Å². The summed E-state index contributed by atoms with van der Waals surface area (Å²) in [4.78, 5) is 25.0. The second-order valence-electron chi connectivity index (χ2n) is 7.96. The van der Waals surface area contributed by atoms with Crippen molar-refractivity contribution in [1.29, 1.82) is 0 Å². The summed E-state index contributed by atoms with van der Waals surface area (Å²) in [5.74, 6) is -0.447. The van der Waals surface area contributed by atoms with E-state index in [0.717, 1.165) is 18.1 Å². The Morgan fingerprint density at radius 2 is 2.00 bits per heavy atom. The summed E-state index contributed by atoms with van der Waals surface area (Å²) < 4.78 is 20.3. The van der Waals surface area contributed by atoms with Crippen LogP contribution in [0.25, 0.3) is 16.6 Å². The van der Waals surface area contributed by atoms with Gasteiger partial charge in [0.05, 0.1) is 29.4 Å². The summed E-state index contributed by atoms with van der Waals surface area (Å²) in [6.07, 6.45) is 0.808. The van der Waals surface area contributed by atoms with E-state index in [1.54, 1.807) is 4.68 Å². The predicted octanol–water partition coefficient (Wildman–Crippen LogP) is 3.28. The maximum Gasteiger partial charge on any atom is 0.275 e. The van der Waals surface area contributed by atoms with Crippen molar-refractivity contribution in [3.05, 3.63) is 75.5 Å². The lowest BCUT2D eigenvalue weighted by Crippen LogP contribution is -2.23. The van der Waals surface area contributed by atoms with Crippen molar-refractivity contribution < 1.29 is 13.9 Å². The number of hydrogen-bond acceptors (Lipinski definition) is 6. The topological polar surface area (TPSA) is 128 Å². The number of fused-ring (bicyclic) bond motifs is 1. The van der Waals surface area contributed by atoms with Crippen molar-refractivity contribution in [2.24, 2.45) is 0 Å². The van der Waals surface area contributed by atoms with Crippen LogP contribution in [0.2, 0.25) is 0 Å². The number of nitrogens with one attached hydrogen (secondary N) is 2. The van der Waals surface area contributed by atoms with Crippen molar-refractivity contribution in [1.82, 2.24) is 25.3 Å². The summed E-state index contributed by atoms with van der Waals surface area (Å²) in [5, 5.41) is 14.2. The fourth-order valence-electron chi connectivity index (χ4n) is 3.73. The van der Waals surface area contributed by atoms with Crippen molar-refractivity contribution in [3.8, 4) is 11.4 Å². The fourth-order valence-corrected chi connectivity index (χ4v) is 3.73. The number of ether oxygens (including phenoxy) is 1. The number of carbonyl (C=O) groups excluding carboxylic acids is 1. The van der Waals surface area contributed by atoms with E-state index in [9.17, 15) is 14.0 Å². The zero-order valence-corrected chi connectivity index (χ0v) is 19.1. The molecule has 9 nitrogen and oxygen atoms in total. The Hall–Kier alpha value is -4.21. The predicted molar refractivity (Wildman–Crippen MR) is 127 cm³/mol. The number of methoxy groups -OCH3 is 1. The lowest BCUT2D eigenvalue weighted by Gasteiger charge is -2.10. The maximum atomic E-state index is 13.6. The standard InChI is InChI=1S/C24H25FN6O3/c1-4-13(2)20-19-21(22(26)28-29-24(19)33)31(30-20)16-8-5-14(6-9-16)12-27-23(32)17-11-15(25)7-10-18(17)34-3/h5-11,13H,4,12H2,1-3H3,(H2,26,28)(H,27,32)(H,29,33). The fraction of sp³-hybridized carbons (Fsp3) is 0.250. The van der Waals surface area contributed by atoms with E-state index in [1.807, 2.05) is 38.1 Å². The van der Waals surface area contributed by atoms with Crippen LogP contribution in [0.5, 0.6) is 5.75 Å². The molecule has 2 aromatic carbocycles. The minimum absolute atomic E-state index is 0.0564. The molecule has 0 fully saturated rings. The van der Waals surface area contributed by atoms with E-state index in [1.165, 1.54) is 19.2 Å². The highest BCUT2D eigenvalue weighted by Crippen LogP contribution is 2.29. The average molecular weight is 465 g/mol. The number of amides is 1. The first-order valence-electron chi connectivity index (χ1n) is 10.8. The Bertz CT molecular complexity index is 1410. The molecule has 0 aliphatic rings. The van der Waals surface area contributed by atoms with Crippen molar-refractivity contribution in [2.45, 2.75) is 32.7 Å². The third-order valence-electron chi connectivity index (χ3n) is 5.78. The summed E-state index contributed by atoms with van der Waals surface area (Å²) in [5.41, 5.74) is 8.50. The highest BCUT2D eigenvalue weighted by molar-refractivity contribution is 5.97. The molecule has 4 N–H and O–H groups in total. The highest BCUT2D eigenvalue weighted by Gasteiger charge is 2.21. The third kappa shape index (κ3) is 4.21. The van der Waals surface area contributed by atoms with Gasteiger partial charge in [0.25, 0.3) is 11.5 Å². The number of rotatable bonds is 7. The van der Waals surface area contributed by atoms with Gasteiger partial charge in [0, 0.05) is 12.5 Å². The van der Waals surface area contributed by atoms with E-state index < -0.39 is 11.7 Å². The van der Waals surface area contributed by atoms with E-state index in [4.69, 9.17) is 10.5 Å². The molecule has 2 aromatic heterocycles. The molecule has 2 heterocycles. The quantitative estimate of drug-likeness (QED) is 0.385. The molecule has 0 bridgehead atoms. The van der Waals surface area contributed by atoms with E-state index >= 15 is 0 Å². The molecule has 4 aromatic rings. The Kier molecular flexibility index (Phi) is 6.31. The van der Waals surface area contributed by atoms with Gasteiger partial charge >= 0.3 is 0 Å². The van der Waals surface area contributed by atoms with Crippen LogP contribution in [0.1, 0.15) is 47.8 Å². The average Bonchev–Trinajstić information content (AvgIpc) is 3.26. The number of benzene rings is 2. The zero-order chi connectivity index (χ0) is 24.4. The molecule has 0 saturated carbocycles. The van der Waals surface area contributed by atoms with Crippen LogP contribution < -0.4 is 21.3 Å². The second kappa shape index (κ2) is 9.34. The van der Waals surface area contributed by atoms with Crippen LogP contribution in [0.4, 0.5) is 10.2 Å². The van der Waals surface area contributed by atoms with Crippen LogP contribution in [-0.4, -0.2) is 33.0 Å². The lowest BCUT2D eigenvalue weighted by atomic mass is 10.0. The zero-order valence-electron chi connectivity index (χ0n) is 19.1. The van der Waals surface area contributed by atoms with Crippen LogP contribution in [0.15, 0.2) is 47.3 Å². The molecule has 10 heteroatoms. The first-order valence-corrected chi connectivity index (χ1v) is 10.8. The van der Waals surface area contributed by atoms with Gasteiger partial charge in [-0.1, -0.05) is 26.0 Å². The van der Waals surface area contributed by atoms with Crippen molar-refractivity contribution in [2.75, 3.05) is 12.8 Å². The normalized spacial score (nSPS) is 12.0. The monoisotopic (exact) mass is 464 g/mol. The van der Waals surface area contributed by atoms with Crippen LogP contribution in [0, 0.1) is 5.82 Å². The minimum Gasteiger partial charge on any atom is -0.496 e. The number of nitrogens with zero attached hydrogens (tertiary/aromatic N) is 3. The van der Waals surface area contributed by atoms with Crippen LogP contribution in [-0.2, 0) is 6.54 Å². The highest BCUT2D eigenvalue weighted by atomic mass is 19.1. The van der Waals surface area contributed by atoms with Gasteiger partial charge in [0.15, 0.2) is 5.82 Å². The molecule has 1 amide bonds. The summed E-state index contributed by atoms with van der Waals surface area (Å²) in [6.45, 7) is 4.25. The number of anilines is 1. The Morgan fingerprint density at radius 3 is 2.68 bits per heavy atom. The van der Waals surface area contributed by atoms with E-state index in [2.05, 4.69) is 20.6 Å². The van der Waals surface area contributed by atoms with Gasteiger partial charge < -0.3 is 15.8 Å². The Labute approximate surface area is 194 Å². The summed E-state index contributed by atoms with van der Waals surface area (Å²) >= 11 is 0. The molecular formula is C24H25FN6O3. The molecule has 1 atom stereocenters. The summed E-state index contributed by atoms with van der Waals surface area (Å²) in [7, 11) is 1.42. The first kappa shape index (κ1) is 23.0. The Morgan fingerprint density at radius 1 is 1.26 bits per heavy atom. The number of carbonyl (C=O) groups is 1. The smallest absolute Gasteiger partial charge is 0.275 e. The van der Waals surface area contributed by atoms with Gasteiger partial charge in [-0.2, -0.15) is 10.2 Å². The number of hydrogen-bond donors (Lipinski definition) is 3. The largest absolute Gasteiger partial charge is 0.496 e. The van der Waals surface area contributed by atoms with Crippen LogP contribution >= 0.6 is 0 Å². The van der Waals surface area contributed by atoms with Crippen LogP contribution in [0.3, 0.4) is 0 Å². The van der Waals surface area contributed by atoms with Crippen molar-refractivity contribution in [3.63, 3.8) is 0 Å². The summed E-state index contributed by atoms with van der Waals surface area (Å²) in [6, 6.07) is 11.1. The minimum atomic E-state index is -0.522. The van der Waals surface area contributed by atoms with Gasteiger partial charge in [-0.15, -0.1) is 0 Å². The second-order valence-corrected chi connectivity index (χ2v) is 7.96. The number of H-pyrrole nitrogens is 1. The van der Waals surface area contributed by atoms with Gasteiger partial charge in [-0.05, 0) is 42.3 Å². The molecule has 0 saturated heterocycles. The Balaban J connectivity index is 1.60. The first-order chi connectivity index (χ1) is 16.3. The SMILES string of the molecule is CCC(C)c1nn(-c2ccc(CNC(=O)c3cc(F)ccc3OC)cc2)c2c(N)n[nH]c(=O)c12. The van der Waals surface area contributed by atoms with Gasteiger partial charge in [0.2, 0.25) is 0 Å². The number of halogens is 1. The molecule has 176 valence electrons. The van der Waals surface area contributed by atoms with Gasteiger partial charge in [-0.25, -0.2) is 14.2 Å². The molecule has 1 unspecified atom stereocenters. The van der Waals surface area contributed by atoms with E-state index in [-0.39, 0.29) is 35.2 Å². The molecule has 0 radical (unpaired) electrons. The van der Waals surface area contributed by atoms with E-state index in [0.29, 0.717) is 22.3 Å².